The Kier molecular flexibility index (Phi) is 5.69. The number of amides is 3. The number of aromatic nitrogens is 2. The molecule has 0 radical (unpaired) electrons. The highest BCUT2D eigenvalue weighted by atomic mass is 32.2. The molecule has 2 N–H and O–H groups in total. The quantitative estimate of drug-likeness (QED) is 0.640. The number of thioether (sulfide) groups is 1. The van der Waals surface area contributed by atoms with Crippen LogP contribution >= 0.6 is 11.8 Å². The van der Waals surface area contributed by atoms with Crippen molar-refractivity contribution in [2.24, 2.45) is 0 Å². The van der Waals surface area contributed by atoms with Crippen molar-refractivity contribution >= 4 is 23.7 Å². The van der Waals surface area contributed by atoms with Gasteiger partial charge < -0.3 is 14.2 Å². The van der Waals surface area contributed by atoms with Crippen LogP contribution < -0.4 is 10.6 Å². The fourth-order valence-electron chi connectivity index (χ4n) is 2.14. The van der Waals surface area contributed by atoms with Crippen LogP contribution in [0.25, 0.3) is 11.7 Å². The summed E-state index contributed by atoms with van der Waals surface area (Å²) in [5.74, 6) is 0.172. The number of hydrogen-bond donors (Lipinski definition) is 2. The molecule has 0 saturated carbocycles. The molecule has 0 saturated heterocycles. The molecule has 3 amide bonds. The summed E-state index contributed by atoms with van der Waals surface area (Å²) in [6, 6.07) is 11.9. The number of imide groups is 1. The Morgan fingerprint density at radius 3 is 2.65 bits per heavy atom. The van der Waals surface area contributed by atoms with Crippen molar-refractivity contribution in [1.29, 1.82) is 0 Å². The van der Waals surface area contributed by atoms with E-state index < -0.39 is 17.2 Å². The van der Waals surface area contributed by atoms with Gasteiger partial charge in [0.1, 0.15) is 5.25 Å². The first-order chi connectivity index (χ1) is 12.7. The summed E-state index contributed by atoms with van der Waals surface area (Å²) in [6.45, 7) is 2.18. The molecule has 2 aromatic heterocycles. The normalized spacial score (nSPS) is 11.7. The summed E-state index contributed by atoms with van der Waals surface area (Å²) >= 11 is 1.05. The largest absolute Gasteiger partial charge is 0.459 e. The van der Waals surface area contributed by atoms with Gasteiger partial charge in [0.25, 0.3) is 11.1 Å². The first kappa shape index (κ1) is 17.7. The predicted octanol–water partition coefficient (Wildman–Crippen LogP) is 3.01. The average Bonchev–Trinajstić information content (AvgIpc) is 3.32. The van der Waals surface area contributed by atoms with Crippen LogP contribution in [-0.2, 0) is 4.79 Å². The molecule has 1 aromatic carbocycles. The van der Waals surface area contributed by atoms with Crippen LogP contribution in [0.3, 0.4) is 0 Å². The van der Waals surface area contributed by atoms with E-state index in [0.717, 1.165) is 11.8 Å². The van der Waals surface area contributed by atoms with E-state index in [0.29, 0.717) is 17.9 Å². The highest BCUT2D eigenvalue weighted by molar-refractivity contribution is 8.00. The van der Waals surface area contributed by atoms with Crippen molar-refractivity contribution in [3.63, 3.8) is 0 Å². The van der Waals surface area contributed by atoms with Crippen LogP contribution in [0.5, 0.6) is 0 Å². The van der Waals surface area contributed by atoms with Crippen LogP contribution in [0.4, 0.5) is 4.79 Å². The maximum Gasteiger partial charge on any atom is 0.321 e. The first-order valence-corrected chi connectivity index (χ1v) is 8.73. The molecule has 0 aliphatic carbocycles. The van der Waals surface area contributed by atoms with E-state index in [4.69, 9.17) is 8.83 Å². The lowest BCUT2D eigenvalue weighted by Crippen LogP contribution is -2.41. The molecule has 1 atom stereocenters. The summed E-state index contributed by atoms with van der Waals surface area (Å²) in [7, 11) is 0. The molecule has 8 nitrogen and oxygen atoms in total. The smallest absolute Gasteiger partial charge is 0.321 e. The van der Waals surface area contributed by atoms with Gasteiger partial charge in [-0.3, -0.25) is 10.1 Å². The minimum Gasteiger partial charge on any atom is -0.459 e. The number of urea groups is 1. The second-order valence-electron chi connectivity index (χ2n) is 5.11. The van der Waals surface area contributed by atoms with Gasteiger partial charge >= 0.3 is 6.03 Å². The lowest BCUT2D eigenvalue weighted by atomic mass is 10.1. The van der Waals surface area contributed by atoms with E-state index in [1.165, 1.54) is 6.26 Å². The highest BCUT2D eigenvalue weighted by Gasteiger charge is 2.26. The second-order valence-corrected chi connectivity index (χ2v) is 6.16. The fourth-order valence-corrected chi connectivity index (χ4v) is 3.02. The van der Waals surface area contributed by atoms with Gasteiger partial charge in [0.15, 0.2) is 5.76 Å². The van der Waals surface area contributed by atoms with Crippen LogP contribution in [0.1, 0.15) is 17.7 Å². The topological polar surface area (TPSA) is 110 Å². The highest BCUT2D eigenvalue weighted by Crippen LogP contribution is 2.35. The monoisotopic (exact) mass is 372 g/mol. The molecule has 2 heterocycles. The zero-order valence-electron chi connectivity index (χ0n) is 13.8. The number of hydrogen-bond acceptors (Lipinski definition) is 7. The Hall–Kier alpha value is -3.07. The Bertz CT molecular complexity index is 864. The Morgan fingerprint density at radius 1 is 1.15 bits per heavy atom. The third-order valence-electron chi connectivity index (χ3n) is 3.27. The summed E-state index contributed by atoms with van der Waals surface area (Å²) in [6.07, 6.45) is 1.50. The molecule has 26 heavy (non-hydrogen) atoms. The molecule has 3 aromatic rings. The minimum atomic E-state index is -0.733. The van der Waals surface area contributed by atoms with Crippen molar-refractivity contribution in [2.45, 2.75) is 17.4 Å². The SMILES string of the molecule is CCNC(=O)NC(=O)C(Sc1nnc(-c2ccco2)o1)c1ccccc1. The fraction of sp³-hybridized carbons (Fsp3) is 0.176. The number of carbonyl (C=O) groups is 2. The van der Waals surface area contributed by atoms with E-state index in [2.05, 4.69) is 20.8 Å². The Labute approximate surface area is 153 Å². The van der Waals surface area contributed by atoms with E-state index in [9.17, 15) is 9.59 Å². The van der Waals surface area contributed by atoms with Crippen molar-refractivity contribution in [2.75, 3.05) is 6.54 Å². The van der Waals surface area contributed by atoms with Gasteiger partial charge in [-0.05, 0) is 36.4 Å². The van der Waals surface area contributed by atoms with Gasteiger partial charge in [-0.15, -0.1) is 10.2 Å². The summed E-state index contributed by atoms with van der Waals surface area (Å²) < 4.78 is 10.8. The number of rotatable bonds is 6. The second kappa shape index (κ2) is 8.34. The minimum absolute atomic E-state index is 0.191. The lowest BCUT2D eigenvalue weighted by molar-refractivity contribution is -0.119. The number of furan rings is 1. The first-order valence-electron chi connectivity index (χ1n) is 7.85. The van der Waals surface area contributed by atoms with Crippen molar-refractivity contribution < 1.29 is 18.4 Å². The van der Waals surface area contributed by atoms with Crippen molar-refractivity contribution in [3.05, 3.63) is 54.3 Å². The molecule has 0 bridgehead atoms. The Balaban J connectivity index is 1.80. The number of nitrogens with zero attached hydrogens (tertiary/aromatic N) is 2. The zero-order valence-corrected chi connectivity index (χ0v) is 14.7. The zero-order chi connectivity index (χ0) is 18.4. The number of benzene rings is 1. The van der Waals surface area contributed by atoms with Gasteiger partial charge in [-0.1, -0.05) is 30.3 Å². The molecular formula is C17H16N4O4S. The maximum absolute atomic E-state index is 12.6. The van der Waals surface area contributed by atoms with E-state index in [1.54, 1.807) is 31.2 Å². The van der Waals surface area contributed by atoms with Crippen LogP contribution in [0, 0.1) is 0 Å². The van der Waals surface area contributed by atoms with E-state index >= 15 is 0 Å². The van der Waals surface area contributed by atoms with Crippen LogP contribution in [0.15, 0.2) is 62.8 Å². The number of nitrogens with one attached hydrogen (secondary N) is 2. The van der Waals surface area contributed by atoms with Gasteiger partial charge in [-0.2, -0.15) is 0 Å². The molecule has 134 valence electrons. The summed E-state index contributed by atoms with van der Waals surface area (Å²) in [5.41, 5.74) is 0.706. The van der Waals surface area contributed by atoms with Crippen LogP contribution in [-0.4, -0.2) is 28.7 Å². The van der Waals surface area contributed by atoms with Crippen molar-refractivity contribution in [1.82, 2.24) is 20.8 Å². The molecule has 0 aliphatic heterocycles. The molecule has 3 rings (SSSR count). The third-order valence-corrected chi connectivity index (χ3v) is 4.36. The van der Waals surface area contributed by atoms with Gasteiger partial charge in [0.2, 0.25) is 5.91 Å². The third kappa shape index (κ3) is 4.31. The molecule has 1 unspecified atom stereocenters. The van der Waals surface area contributed by atoms with Crippen LogP contribution in [0.2, 0.25) is 0 Å². The summed E-state index contributed by atoms with van der Waals surface area (Å²) in [4.78, 5) is 24.3. The summed E-state index contributed by atoms with van der Waals surface area (Å²) in [5, 5.41) is 12.2. The standard InChI is InChI=1S/C17H16N4O4S/c1-2-18-16(23)19-14(22)13(11-7-4-3-5-8-11)26-17-21-20-15(25-17)12-9-6-10-24-12/h3-10,13H,2H2,1H3,(H2,18,19,22,23). The maximum atomic E-state index is 12.6. The predicted molar refractivity (Wildman–Crippen MR) is 94.3 cm³/mol. The molecule has 9 heteroatoms. The average molecular weight is 372 g/mol. The molecule has 0 aliphatic rings. The van der Waals surface area contributed by atoms with Gasteiger partial charge in [0, 0.05) is 6.54 Å². The van der Waals surface area contributed by atoms with Gasteiger partial charge in [0.05, 0.1) is 6.26 Å². The van der Waals surface area contributed by atoms with Gasteiger partial charge in [-0.25, -0.2) is 4.79 Å². The Morgan fingerprint density at radius 2 is 1.96 bits per heavy atom. The molecule has 0 spiro atoms. The molecular weight excluding hydrogens is 356 g/mol. The van der Waals surface area contributed by atoms with E-state index in [1.807, 2.05) is 18.2 Å². The number of carbonyl (C=O) groups excluding carboxylic acids is 2. The van der Waals surface area contributed by atoms with Crippen molar-refractivity contribution in [3.8, 4) is 11.7 Å². The molecule has 0 fully saturated rings. The lowest BCUT2D eigenvalue weighted by Gasteiger charge is -2.14. The van der Waals surface area contributed by atoms with E-state index in [-0.39, 0.29) is 11.1 Å².